The Labute approximate surface area is 159 Å². The molecule has 1 aliphatic heterocycles. The summed E-state index contributed by atoms with van der Waals surface area (Å²) >= 11 is 7.34. The number of benzene rings is 1. The number of rotatable bonds is 4. The molecule has 2 amide bonds. The molecule has 0 bridgehead atoms. The molecule has 2 heterocycles. The lowest BCUT2D eigenvalue weighted by Crippen LogP contribution is -2.51. The van der Waals surface area contributed by atoms with Crippen LogP contribution in [-0.4, -0.2) is 60.4 Å². The maximum Gasteiger partial charge on any atom is 0.340 e. The van der Waals surface area contributed by atoms with Gasteiger partial charge in [0.1, 0.15) is 0 Å². The minimum Gasteiger partial charge on any atom is -0.452 e. The summed E-state index contributed by atoms with van der Waals surface area (Å²) < 4.78 is 5.06. The number of amides is 2. The molecule has 0 spiro atoms. The molecule has 1 aromatic carbocycles. The zero-order valence-corrected chi connectivity index (χ0v) is 15.5. The minimum atomic E-state index is -0.629. The summed E-state index contributed by atoms with van der Waals surface area (Å²) in [7, 11) is 0. The monoisotopic (exact) mass is 392 g/mol. The van der Waals surface area contributed by atoms with Crippen molar-refractivity contribution in [2.75, 3.05) is 32.8 Å². The lowest BCUT2D eigenvalue weighted by atomic mass is 10.2. The highest BCUT2D eigenvalue weighted by atomic mass is 35.5. The molecule has 0 radical (unpaired) electrons. The molecular weight excluding hydrogens is 376 g/mol. The number of esters is 1. The maximum absolute atomic E-state index is 12.3. The van der Waals surface area contributed by atoms with Gasteiger partial charge in [0.25, 0.3) is 11.8 Å². The van der Waals surface area contributed by atoms with Gasteiger partial charge in [-0.2, -0.15) is 0 Å². The second-order valence-electron chi connectivity index (χ2n) is 5.71. The molecule has 0 saturated carbocycles. The fourth-order valence-electron chi connectivity index (χ4n) is 2.64. The Morgan fingerprint density at radius 2 is 1.69 bits per heavy atom. The van der Waals surface area contributed by atoms with E-state index in [9.17, 15) is 14.4 Å². The molecule has 0 aliphatic carbocycles. The largest absolute Gasteiger partial charge is 0.452 e. The normalized spacial score (nSPS) is 14.2. The van der Waals surface area contributed by atoms with Gasteiger partial charge in [0.05, 0.1) is 15.5 Å². The Hall–Kier alpha value is -2.38. The van der Waals surface area contributed by atoms with Gasteiger partial charge in [0.15, 0.2) is 6.61 Å². The van der Waals surface area contributed by atoms with Crippen LogP contribution in [0.4, 0.5) is 0 Å². The van der Waals surface area contributed by atoms with E-state index in [2.05, 4.69) is 0 Å². The number of nitrogens with zero attached hydrogens (tertiary/aromatic N) is 2. The summed E-state index contributed by atoms with van der Waals surface area (Å²) in [5.41, 5.74) is 0.230. The summed E-state index contributed by atoms with van der Waals surface area (Å²) in [6.07, 6.45) is 0. The van der Waals surface area contributed by atoms with Crippen LogP contribution in [0.1, 0.15) is 20.0 Å². The van der Waals surface area contributed by atoms with Crippen molar-refractivity contribution in [3.8, 4) is 0 Å². The van der Waals surface area contributed by atoms with Crippen molar-refractivity contribution < 1.29 is 19.1 Å². The maximum atomic E-state index is 12.3. The highest BCUT2D eigenvalue weighted by molar-refractivity contribution is 7.12. The first-order chi connectivity index (χ1) is 12.6. The van der Waals surface area contributed by atoms with E-state index < -0.39 is 5.97 Å². The lowest BCUT2D eigenvalue weighted by Gasteiger charge is -2.34. The van der Waals surface area contributed by atoms with Gasteiger partial charge in [-0.05, 0) is 23.6 Å². The SMILES string of the molecule is O=C(OCC(=O)N1CCN(C(=O)c2cccs2)CC1)c1ccccc1Cl. The van der Waals surface area contributed by atoms with Gasteiger partial charge in [0, 0.05) is 26.2 Å². The Kier molecular flexibility index (Phi) is 5.90. The Morgan fingerprint density at radius 3 is 2.35 bits per heavy atom. The molecule has 1 aromatic heterocycles. The van der Waals surface area contributed by atoms with Crippen LogP contribution in [0.15, 0.2) is 41.8 Å². The van der Waals surface area contributed by atoms with Crippen LogP contribution >= 0.6 is 22.9 Å². The first-order valence-corrected chi connectivity index (χ1v) is 9.34. The summed E-state index contributed by atoms with van der Waals surface area (Å²) in [6.45, 7) is 1.41. The van der Waals surface area contributed by atoms with Crippen molar-refractivity contribution in [3.63, 3.8) is 0 Å². The third-order valence-corrected chi connectivity index (χ3v) is 5.26. The standard InChI is InChI=1S/C18H17ClN2O4S/c19-14-5-2-1-4-13(14)18(24)25-12-16(22)20-7-9-21(10-8-20)17(23)15-6-3-11-26-15/h1-6,11H,7-10,12H2. The molecule has 0 atom stereocenters. The highest BCUT2D eigenvalue weighted by Gasteiger charge is 2.26. The van der Waals surface area contributed by atoms with Crippen molar-refractivity contribution >= 4 is 40.7 Å². The first-order valence-electron chi connectivity index (χ1n) is 8.08. The molecule has 136 valence electrons. The second-order valence-corrected chi connectivity index (χ2v) is 7.06. The Morgan fingerprint density at radius 1 is 1.00 bits per heavy atom. The fourth-order valence-corrected chi connectivity index (χ4v) is 3.54. The summed E-state index contributed by atoms with van der Waals surface area (Å²) in [5, 5.41) is 2.14. The van der Waals surface area contributed by atoms with Gasteiger partial charge in [-0.1, -0.05) is 29.8 Å². The van der Waals surface area contributed by atoms with Crippen LogP contribution in [0.25, 0.3) is 0 Å². The molecule has 1 fully saturated rings. The van der Waals surface area contributed by atoms with E-state index in [-0.39, 0.29) is 29.0 Å². The first kappa shape index (κ1) is 18.4. The lowest BCUT2D eigenvalue weighted by molar-refractivity contribution is -0.136. The van der Waals surface area contributed by atoms with Gasteiger partial charge < -0.3 is 14.5 Å². The van der Waals surface area contributed by atoms with Crippen molar-refractivity contribution in [2.45, 2.75) is 0 Å². The smallest absolute Gasteiger partial charge is 0.340 e. The molecule has 1 aliphatic rings. The van der Waals surface area contributed by atoms with E-state index in [1.807, 2.05) is 11.4 Å². The van der Waals surface area contributed by atoms with Gasteiger partial charge >= 0.3 is 5.97 Å². The minimum absolute atomic E-state index is 0.0164. The van der Waals surface area contributed by atoms with E-state index in [0.29, 0.717) is 31.1 Å². The molecule has 26 heavy (non-hydrogen) atoms. The van der Waals surface area contributed by atoms with E-state index in [1.54, 1.807) is 40.1 Å². The Bertz CT molecular complexity index is 801. The fraction of sp³-hybridized carbons (Fsp3) is 0.278. The number of thiophene rings is 1. The molecule has 0 N–H and O–H groups in total. The van der Waals surface area contributed by atoms with E-state index >= 15 is 0 Å². The quantitative estimate of drug-likeness (QED) is 0.750. The predicted octanol–water partition coefficient (Wildman–Crippen LogP) is 2.54. The molecular formula is C18H17ClN2O4S. The summed E-state index contributed by atoms with van der Waals surface area (Å²) in [4.78, 5) is 40.5. The number of hydrogen-bond acceptors (Lipinski definition) is 5. The molecule has 3 rings (SSSR count). The van der Waals surface area contributed by atoms with E-state index in [4.69, 9.17) is 16.3 Å². The van der Waals surface area contributed by atoms with E-state index in [0.717, 1.165) is 0 Å². The van der Waals surface area contributed by atoms with Crippen molar-refractivity contribution in [1.29, 1.82) is 0 Å². The van der Waals surface area contributed by atoms with Crippen molar-refractivity contribution in [1.82, 2.24) is 9.80 Å². The number of ether oxygens (including phenoxy) is 1. The van der Waals surface area contributed by atoms with Gasteiger partial charge in [-0.15, -0.1) is 11.3 Å². The number of piperazine rings is 1. The average Bonchev–Trinajstić information content (AvgIpc) is 3.20. The van der Waals surface area contributed by atoms with Gasteiger partial charge in [0.2, 0.25) is 0 Å². The number of halogens is 1. The number of hydrogen-bond donors (Lipinski definition) is 0. The average molecular weight is 393 g/mol. The van der Waals surface area contributed by atoms with Crippen LogP contribution in [0.5, 0.6) is 0 Å². The zero-order chi connectivity index (χ0) is 18.5. The van der Waals surface area contributed by atoms with Crippen LogP contribution < -0.4 is 0 Å². The van der Waals surface area contributed by atoms with E-state index in [1.165, 1.54) is 11.3 Å². The third kappa shape index (κ3) is 4.23. The van der Waals surface area contributed by atoms with Gasteiger partial charge in [-0.25, -0.2) is 4.79 Å². The Balaban J connectivity index is 1.47. The van der Waals surface area contributed by atoms with Crippen molar-refractivity contribution in [2.24, 2.45) is 0 Å². The second kappa shape index (κ2) is 8.33. The molecule has 6 nitrogen and oxygen atoms in total. The van der Waals surface area contributed by atoms with Gasteiger partial charge in [-0.3, -0.25) is 9.59 Å². The van der Waals surface area contributed by atoms with Crippen LogP contribution in [0, 0.1) is 0 Å². The summed E-state index contributed by atoms with van der Waals surface area (Å²) in [5.74, 6) is -0.929. The predicted molar refractivity (Wildman–Crippen MR) is 98.5 cm³/mol. The molecule has 0 unspecified atom stereocenters. The highest BCUT2D eigenvalue weighted by Crippen LogP contribution is 2.16. The van der Waals surface area contributed by atoms with Crippen molar-refractivity contribution in [3.05, 3.63) is 57.2 Å². The third-order valence-electron chi connectivity index (χ3n) is 4.07. The molecule has 2 aromatic rings. The summed E-state index contributed by atoms with van der Waals surface area (Å²) in [6, 6.07) is 10.1. The van der Waals surface area contributed by atoms with Crippen LogP contribution in [-0.2, 0) is 9.53 Å². The molecule has 1 saturated heterocycles. The topological polar surface area (TPSA) is 66.9 Å². The number of carbonyl (C=O) groups is 3. The zero-order valence-electron chi connectivity index (χ0n) is 13.9. The molecule has 8 heteroatoms. The number of carbonyl (C=O) groups excluding carboxylic acids is 3. The van der Waals surface area contributed by atoms with Crippen LogP contribution in [0.3, 0.4) is 0 Å². The van der Waals surface area contributed by atoms with Crippen LogP contribution in [0.2, 0.25) is 5.02 Å².